The first-order chi connectivity index (χ1) is 10.3. The fourth-order valence-corrected chi connectivity index (χ4v) is 2.18. The second kappa shape index (κ2) is 5.99. The van der Waals surface area contributed by atoms with E-state index in [4.69, 9.17) is 4.74 Å². The summed E-state index contributed by atoms with van der Waals surface area (Å²) in [5.41, 5.74) is 2.10. The first kappa shape index (κ1) is 13.7. The van der Waals surface area contributed by atoms with E-state index in [0.29, 0.717) is 18.5 Å². The summed E-state index contributed by atoms with van der Waals surface area (Å²) in [4.78, 5) is 8.96. The van der Waals surface area contributed by atoms with Crippen molar-refractivity contribution in [1.82, 2.24) is 9.97 Å². The normalized spacial score (nSPS) is 13.8. The molecule has 1 aromatic carbocycles. The second-order valence-electron chi connectivity index (χ2n) is 5.11. The van der Waals surface area contributed by atoms with E-state index in [9.17, 15) is 0 Å². The molecular formula is C16H20N4O. The zero-order chi connectivity index (χ0) is 14.7. The van der Waals surface area contributed by atoms with Crippen LogP contribution in [0.1, 0.15) is 31.4 Å². The quantitative estimate of drug-likeness (QED) is 0.849. The van der Waals surface area contributed by atoms with Gasteiger partial charge >= 0.3 is 0 Å². The molecule has 110 valence electrons. The third kappa shape index (κ3) is 3.42. The molecule has 0 aliphatic heterocycles. The summed E-state index contributed by atoms with van der Waals surface area (Å²) in [6.07, 6.45) is 2.45. The number of anilines is 3. The SMILES string of the molecule is CCOc1ccc(Nc2cc(C3CC3)nc(NC)n2)cc1. The Kier molecular flexibility index (Phi) is 3.90. The van der Waals surface area contributed by atoms with Crippen molar-refractivity contribution in [1.29, 1.82) is 0 Å². The molecule has 1 saturated carbocycles. The lowest BCUT2D eigenvalue weighted by atomic mass is 10.2. The first-order valence-corrected chi connectivity index (χ1v) is 7.35. The lowest BCUT2D eigenvalue weighted by Gasteiger charge is -2.10. The maximum absolute atomic E-state index is 5.44. The fourth-order valence-electron chi connectivity index (χ4n) is 2.18. The van der Waals surface area contributed by atoms with Crippen molar-refractivity contribution in [2.24, 2.45) is 0 Å². The number of rotatable bonds is 6. The minimum absolute atomic E-state index is 0.598. The third-order valence-electron chi connectivity index (χ3n) is 3.40. The smallest absolute Gasteiger partial charge is 0.224 e. The molecule has 0 saturated heterocycles. The van der Waals surface area contributed by atoms with Gasteiger partial charge in [-0.3, -0.25) is 0 Å². The molecule has 5 nitrogen and oxygen atoms in total. The summed E-state index contributed by atoms with van der Waals surface area (Å²) < 4.78 is 5.44. The molecule has 2 N–H and O–H groups in total. The Bertz CT molecular complexity index is 608. The zero-order valence-corrected chi connectivity index (χ0v) is 12.4. The minimum Gasteiger partial charge on any atom is -0.494 e. The summed E-state index contributed by atoms with van der Waals surface area (Å²) in [7, 11) is 1.84. The summed E-state index contributed by atoms with van der Waals surface area (Å²) in [6.45, 7) is 2.65. The Morgan fingerprint density at radius 2 is 1.95 bits per heavy atom. The van der Waals surface area contributed by atoms with Crippen LogP contribution in [0.3, 0.4) is 0 Å². The molecule has 5 heteroatoms. The number of hydrogen-bond acceptors (Lipinski definition) is 5. The van der Waals surface area contributed by atoms with Gasteiger partial charge in [0, 0.05) is 24.7 Å². The maximum Gasteiger partial charge on any atom is 0.224 e. The van der Waals surface area contributed by atoms with Crippen LogP contribution in [0.4, 0.5) is 17.5 Å². The minimum atomic E-state index is 0.598. The highest BCUT2D eigenvalue weighted by Gasteiger charge is 2.26. The fraction of sp³-hybridized carbons (Fsp3) is 0.375. The highest BCUT2D eigenvalue weighted by Crippen LogP contribution is 2.40. The van der Waals surface area contributed by atoms with Gasteiger partial charge < -0.3 is 15.4 Å². The monoisotopic (exact) mass is 284 g/mol. The van der Waals surface area contributed by atoms with E-state index in [0.717, 1.165) is 22.9 Å². The van der Waals surface area contributed by atoms with Gasteiger partial charge in [-0.05, 0) is 44.0 Å². The molecule has 0 unspecified atom stereocenters. The van der Waals surface area contributed by atoms with Gasteiger partial charge in [0.2, 0.25) is 5.95 Å². The van der Waals surface area contributed by atoms with E-state index < -0.39 is 0 Å². The maximum atomic E-state index is 5.44. The van der Waals surface area contributed by atoms with E-state index >= 15 is 0 Å². The number of hydrogen-bond donors (Lipinski definition) is 2. The molecule has 0 spiro atoms. The van der Waals surface area contributed by atoms with Crippen molar-refractivity contribution in [2.75, 3.05) is 24.3 Å². The van der Waals surface area contributed by atoms with Gasteiger partial charge in [-0.2, -0.15) is 4.98 Å². The van der Waals surface area contributed by atoms with Crippen molar-refractivity contribution < 1.29 is 4.74 Å². The molecule has 0 bridgehead atoms. The van der Waals surface area contributed by atoms with Crippen LogP contribution in [0.2, 0.25) is 0 Å². The Balaban J connectivity index is 1.78. The topological polar surface area (TPSA) is 59.1 Å². The average molecular weight is 284 g/mol. The molecule has 21 heavy (non-hydrogen) atoms. The molecular weight excluding hydrogens is 264 g/mol. The zero-order valence-electron chi connectivity index (χ0n) is 12.4. The molecule has 0 radical (unpaired) electrons. The van der Waals surface area contributed by atoms with Gasteiger partial charge in [0.05, 0.1) is 12.3 Å². The van der Waals surface area contributed by atoms with Gasteiger partial charge in [-0.1, -0.05) is 0 Å². The van der Waals surface area contributed by atoms with Crippen LogP contribution in [0.25, 0.3) is 0 Å². The Hall–Kier alpha value is -2.30. The van der Waals surface area contributed by atoms with Gasteiger partial charge in [0.15, 0.2) is 0 Å². The van der Waals surface area contributed by atoms with Crippen LogP contribution in [0, 0.1) is 0 Å². The largest absolute Gasteiger partial charge is 0.494 e. The average Bonchev–Trinajstić information content (AvgIpc) is 3.34. The van der Waals surface area contributed by atoms with Crippen LogP contribution < -0.4 is 15.4 Å². The standard InChI is InChI=1S/C16H20N4O/c1-3-21-13-8-6-12(7-9-13)18-15-10-14(11-4-5-11)19-16(17-2)20-15/h6-11H,3-5H2,1-2H3,(H2,17,18,19,20). The molecule has 0 amide bonds. The van der Waals surface area contributed by atoms with Crippen LogP contribution in [-0.2, 0) is 0 Å². The Morgan fingerprint density at radius 3 is 2.57 bits per heavy atom. The molecule has 1 aliphatic carbocycles. The number of aromatic nitrogens is 2. The molecule has 1 heterocycles. The first-order valence-electron chi connectivity index (χ1n) is 7.35. The van der Waals surface area contributed by atoms with Crippen molar-refractivity contribution in [3.8, 4) is 5.75 Å². The molecule has 3 rings (SSSR count). The van der Waals surface area contributed by atoms with Crippen molar-refractivity contribution in [3.05, 3.63) is 36.0 Å². The molecule has 1 fully saturated rings. The molecule has 2 aromatic rings. The molecule has 1 aliphatic rings. The van der Waals surface area contributed by atoms with Gasteiger partial charge in [-0.25, -0.2) is 4.98 Å². The third-order valence-corrected chi connectivity index (χ3v) is 3.40. The van der Waals surface area contributed by atoms with Crippen molar-refractivity contribution in [3.63, 3.8) is 0 Å². The van der Waals surface area contributed by atoms with Crippen LogP contribution in [-0.4, -0.2) is 23.6 Å². The summed E-state index contributed by atoms with van der Waals surface area (Å²) in [5, 5.41) is 6.34. The van der Waals surface area contributed by atoms with Crippen molar-refractivity contribution >= 4 is 17.5 Å². The Morgan fingerprint density at radius 1 is 1.19 bits per heavy atom. The molecule has 1 aromatic heterocycles. The van der Waals surface area contributed by atoms with E-state index in [2.05, 4.69) is 20.6 Å². The van der Waals surface area contributed by atoms with Gasteiger partial charge in [-0.15, -0.1) is 0 Å². The van der Waals surface area contributed by atoms with Gasteiger partial charge in [0.1, 0.15) is 11.6 Å². The second-order valence-corrected chi connectivity index (χ2v) is 5.11. The van der Waals surface area contributed by atoms with E-state index in [1.165, 1.54) is 12.8 Å². The lowest BCUT2D eigenvalue weighted by molar-refractivity contribution is 0.340. The van der Waals surface area contributed by atoms with E-state index in [-0.39, 0.29) is 0 Å². The number of ether oxygens (including phenoxy) is 1. The van der Waals surface area contributed by atoms with E-state index in [1.807, 2.05) is 44.3 Å². The lowest BCUT2D eigenvalue weighted by Crippen LogP contribution is -2.03. The molecule has 0 atom stereocenters. The summed E-state index contributed by atoms with van der Waals surface area (Å²) in [5.74, 6) is 2.95. The van der Waals surface area contributed by atoms with Crippen LogP contribution in [0.5, 0.6) is 5.75 Å². The number of benzene rings is 1. The number of nitrogens with zero attached hydrogens (tertiary/aromatic N) is 2. The van der Waals surface area contributed by atoms with Crippen LogP contribution in [0.15, 0.2) is 30.3 Å². The summed E-state index contributed by atoms with van der Waals surface area (Å²) >= 11 is 0. The van der Waals surface area contributed by atoms with Gasteiger partial charge in [0.25, 0.3) is 0 Å². The Labute approximate surface area is 124 Å². The van der Waals surface area contributed by atoms with Crippen molar-refractivity contribution in [2.45, 2.75) is 25.7 Å². The highest BCUT2D eigenvalue weighted by atomic mass is 16.5. The number of nitrogens with one attached hydrogen (secondary N) is 2. The predicted octanol–water partition coefficient (Wildman–Crippen LogP) is 3.54. The van der Waals surface area contributed by atoms with E-state index in [1.54, 1.807) is 0 Å². The predicted molar refractivity (Wildman–Crippen MR) is 84.4 cm³/mol. The highest BCUT2D eigenvalue weighted by molar-refractivity contribution is 5.58. The van der Waals surface area contributed by atoms with Crippen LogP contribution >= 0.6 is 0 Å². The summed E-state index contributed by atoms with van der Waals surface area (Å²) in [6, 6.07) is 9.92.